The van der Waals surface area contributed by atoms with Gasteiger partial charge in [-0.25, -0.2) is 0 Å². The molecule has 3 fully saturated rings. The van der Waals surface area contributed by atoms with Crippen molar-refractivity contribution in [1.29, 1.82) is 0 Å². The normalized spacial score (nSPS) is 35.7. The number of nitrogens with zero attached hydrogens (tertiary/aromatic N) is 2. The van der Waals surface area contributed by atoms with E-state index < -0.39 is 5.79 Å². The number of benzene rings is 1. The molecule has 3 heterocycles. The van der Waals surface area contributed by atoms with Crippen LogP contribution in [-0.4, -0.2) is 65.2 Å². The lowest BCUT2D eigenvalue weighted by molar-refractivity contribution is -0.224. The summed E-state index contributed by atoms with van der Waals surface area (Å²) in [5.74, 6) is -0.312. The lowest BCUT2D eigenvalue weighted by Crippen LogP contribution is -2.62. The average Bonchev–Trinajstić information content (AvgIpc) is 3.21. The second-order valence-electron chi connectivity index (χ2n) is 10.9. The standard InChI is InChI=1S/C26H42BBrN2O3/c1-16-12-22(26(32-10-11-33-26)24-8-9-25(28)21(6)20(24)5)13-17(2)29(16)23-14-18(3)30(27(7)31)19(4)15-23/h8-9,16-19,22-23,31H,10-15H2,1-7H3. The third-order valence-electron chi connectivity index (χ3n) is 8.72. The second-order valence-corrected chi connectivity index (χ2v) is 11.8. The van der Waals surface area contributed by atoms with Gasteiger partial charge in [-0.1, -0.05) is 35.8 Å². The van der Waals surface area contributed by atoms with Crippen molar-refractivity contribution >= 4 is 23.0 Å². The summed E-state index contributed by atoms with van der Waals surface area (Å²) in [6.45, 7) is 16.9. The van der Waals surface area contributed by atoms with E-state index >= 15 is 0 Å². The fourth-order valence-corrected chi connectivity index (χ4v) is 7.80. The molecule has 7 heteroatoms. The maximum absolute atomic E-state index is 10.3. The van der Waals surface area contributed by atoms with Crippen LogP contribution in [0.2, 0.25) is 6.82 Å². The smallest absolute Gasteiger partial charge is 0.376 e. The van der Waals surface area contributed by atoms with Crippen molar-refractivity contribution in [2.75, 3.05) is 13.2 Å². The number of hydrogen-bond donors (Lipinski definition) is 1. The molecule has 1 aromatic carbocycles. The van der Waals surface area contributed by atoms with Crippen molar-refractivity contribution in [2.45, 2.75) is 110 Å². The van der Waals surface area contributed by atoms with E-state index in [0.29, 0.717) is 49.3 Å². The minimum Gasteiger partial charge on any atom is -0.437 e. The molecule has 3 aliphatic rings. The number of rotatable bonds is 4. The van der Waals surface area contributed by atoms with Gasteiger partial charge in [-0.05, 0) is 89.5 Å². The Hall–Kier alpha value is -0.435. The van der Waals surface area contributed by atoms with Gasteiger partial charge < -0.3 is 19.3 Å². The van der Waals surface area contributed by atoms with Gasteiger partial charge in [-0.15, -0.1) is 0 Å². The van der Waals surface area contributed by atoms with Gasteiger partial charge in [0.25, 0.3) is 0 Å². The van der Waals surface area contributed by atoms with Crippen LogP contribution in [0.4, 0.5) is 0 Å². The molecule has 4 atom stereocenters. The average molecular weight is 521 g/mol. The lowest BCUT2D eigenvalue weighted by atomic mass is 9.73. The molecule has 0 aliphatic carbocycles. The van der Waals surface area contributed by atoms with Gasteiger partial charge in [-0.2, -0.15) is 0 Å². The Kier molecular flexibility index (Phi) is 7.70. The molecule has 0 bridgehead atoms. The number of piperidine rings is 2. The number of likely N-dealkylation sites (tertiary alicyclic amines) is 1. The molecule has 1 aromatic rings. The Labute approximate surface area is 209 Å². The molecule has 3 saturated heterocycles. The molecule has 33 heavy (non-hydrogen) atoms. The van der Waals surface area contributed by atoms with Crippen LogP contribution in [0.15, 0.2) is 16.6 Å². The van der Waals surface area contributed by atoms with Crippen molar-refractivity contribution in [1.82, 2.24) is 9.71 Å². The Bertz CT molecular complexity index is 823. The Morgan fingerprint density at radius 2 is 1.45 bits per heavy atom. The maximum atomic E-state index is 10.3. The van der Waals surface area contributed by atoms with Crippen molar-refractivity contribution in [3.05, 3.63) is 33.3 Å². The topological polar surface area (TPSA) is 45.2 Å². The molecular formula is C26H42BBrN2O3. The number of hydrogen-bond acceptors (Lipinski definition) is 5. The SMILES string of the molecule is CB(O)N1C(C)CC(N2C(C)CC(C3(c4ccc(Br)c(C)c4C)OCCO3)CC2C)CC1C. The monoisotopic (exact) mass is 520 g/mol. The summed E-state index contributed by atoms with van der Waals surface area (Å²) < 4.78 is 14.1. The summed E-state index contributed by atoms with van der Waals surface area (Å²) in [5, 5.41) is 10.3. The predicted molar refractivity (Wildman–Crippen MR) is 138 cm³/mol. The van der Waals surface area contributed by atoms with Crippen LogP contribution in [0.3, 0.4) is 0 Å². The zero-order valence-corrected chi connectivity index (χ0v) is 23.1. The van der Waals surface area contributed by atoms with Crippen LogP contribution in [0.1, 0.15) is 70.1 Å². The van der Waals surface area contributed by atoms with E-state index in [0.717, 1.165) is 30.2 Å². The molecule has 0 saturated carbocycles. The van der Waals surface area contributed by atoms with Crippen LogP contribution in [0, 0.1) is 19.8 Å². The van der Waals surface area contributed by atoms with E-state index in [1.54, 1.807) is 0 Å². The number of halogens is 1. The fraction of sp³-hybridized carbons (Fsp3) is 0.769. The van der Waals surface area contributed by atoms with E-state index in [4.69, 9.17) is 9.47 Å². The van der Waals surface area contributed by atoms with Crippen LogP contribution in [0.5, 0.6) is 0 Å². The maximum Gasteiger partial charge on any atom is 0.376 e. The highest BCUT2D eigenvalue weighted by Crippen LogP contribution is 2.49. The highest BCUT2D eigenvalue weighted by Gasteiger charge is 2.52. The third-order valence-corrected chi connectivity index (χ3v) is 9.58. The van der Waals surface area contributed by atoms with Crippen LogP contribution >= 0.6 is 15.9 Å². The molecule has 3 aliphatic heterocycles. The van der Waals surface area contributed by atoms with Gasteiger partial charge >= 0.3 is 7.05 Å². The fourth-order valence-electron chi connectivity index (χ4n) is 7.37. The molecule has 4 rings (SSSR count). The minimum atomic E-state index is -0.638. The first-order valence-corrected chi connectivity index (χ1v) is 13.6. The highest BCUT2D eigenvalue weighted by molar-refractivity contribution is 9.10. The van der Waals surface area contributed by atoms with Crippen LogP contribution < -0.4 is 0 Å². The summed E-state index contributed by atoms with van der Waals surface area (Å²) in [6, 6.07) is 6.59. The van der Waals surface area contributed by atoms with Crippen molar-refractivity contribution < 1.29 is 14.5 Å². The Balaban J connectivity index is 1.57. The summed E-state index contributed by atoms with van der Waals surface area (Å²) in [4.78, 5) is 5.04. The van der Waals surface area contributed by atoms with E-state index in [-0.39, 0.29) is 7.05 Å². The lowest BCUT2D eigenvalue weighted by Gasteiger charge is -2.54. The van der Waals surface area contributed by atoms with Crippen LogP contribution in [-0.2, 0) is 15.3 Å². The molecule has 1 N–H and O–H groups in total. The molecule has 5 nitrogen and oxygen atoms in total. The van der Waals surface area contributed by atoms with Gasteiger partial charge in [-0.3, -0.25) is 4.90 Å². The molecule has 0 aromatic heterocycles. The molecule has 4 unspecified atom stereocenters. The van der Waals surface area contributed by atoms with Crippen molar-refractivity contribution in [3.8, 4) is 0 Å². The van der Waals surface area contributed by atoms with Gasteiger partial charge in [0.15, 0.2) is 5.79 Å². The summed E-state index contributed by atoms with van der Waals surface area (Å²) in [5.41, 5.74) is 3.73. The zero-order chi connectivity index (χ0) is 24.1. The van der Waals surface area contributed by atoms with Crippen LogP contribution in [0.25, 0.3) is 0 Å². The summed E-state index contributed by atoms with van der Waals surface area (Å²) >= 11 is 3.69. The molecular weight excluding hydrogens is 479 g/mol. The third kappa shape index (κ3) is 4.59. The van der Waals surface area contributed by atoms with E-state index in [1.165, 1.54) is 16.7 Å². The van der Waals surface area contributed by atoms with E-state index in [2.05, 4.69) is 79.3 Å². The molecule has 0 amide bonds. The zero-order valence-electron chi connectivity index (χ0n) is 21.5. The quantitative estimate of drug-likeness (QED) is 0.559. The highest BCUT2D eigenvalue weighted by atomic mass is 79.9. The minimum absolute atomic E-state index is 0.327. The molecule has 0 spiro atoms. The van der Waals surface area contributed by atoms with Gasteiger partial charge in [0, 0.05) is 34.1 Å². The first-order chi connectivity index (χ1) is 15.6. The number of ether oxygens (including phenoxy) is 2. The van der Waals surface area contributed by atoms with Gasteiger partial charge in [0.2, 0.25) is 0 Å². The largest absolute Gasteiger partial charge is 0.437 e. The van der Waals surface area contributed by atoms with Crippen molar-refractivity contribution in [3.63, 3.8) is 0 Å². The van der Waals surface area contributed by atoms with E-state index in [1.807, 2.05) is 6.82 Å². The summed E-state index contributed by atoms with van der Waals surface area (Å²) in [6.07, 6.45) is 4.35. The first kappa shape index (κ1) is 25.7. The Morgan fingerprint density at radius 3 is 1.97 bits per heavy atom. The van der Waals surface area contributed by atoms with Gasteiger partial charge in [0.1, 0.15) is 0 Å². The molecule has 184 valence electrons. The first-order valence-electron chi connectivity index (χ1n) is 12.8. The van der Waals surface area contributed by atoms with Gasteiger partial charge in [0.05, 0.1) is 13.2 Å². The molecule has 0 radical (unpaired) electrons. The Morgan fingerprint density at radius 1 is 0.909 bits per heavy atom. The second kappa shape index (κ2) is 9.90. The predicted octanol–water partition coefficient (Wildman–Crippen LogP) is 5.11. The summed E-state index contributed by atoms with van der Waals surface area (Å²) in [7, 11) is -0.384. The van der Waals surface area contributed by atoms with E-state index in [9.17, 15) is 5.02 Å². The van der Waals surface area contributed by atoms with Crippen molar-refractivity contribution in [2.24, 2.45) is 5.92 Å².